The number of ether oxygens (including phenoxy) is 1. The van der Waals surface area contributed by atoms with E-state index in [4.69, 9.17) is 10.5 Å². The Labute approximate surface area is 133 Å². The maximum atomic E-state index is 5.91. The average Bonchev–Trinajstić information content (AvgIpc) is 2.41. The van der Waals surface area contributed by atoms with Crippen molar-refractivity contribution in [3.05, 3.63) is 11.6 Å². The van der Waals surface area contributed by atoms with Crippen molar-refractivity contribution in [3.8, 4) is 0 Å². The molecule has 0 saturated heterocycles. The molecule has 0 amide bonds. The van der Waals surface area contributed by atoms with Gasteiger partial charge in [0.15, 0.2) is 5.96 Å². The fraction of sp³-hybridized carbons (Fsp3) is 0.786. The molecule has 0 aromatic heterocycles. The third kappa shape index (κ3) is 6.61. The third-order valence-electron chi connectivity index (χ3n) is 3.73. The van der Waals surface area contributed by atoms with Gasteiger partial charge in [0.2, 0.25) is 0 Å². The summed E-state index contributed by atoms with van der Waals surface area (Å²) in [5.74, 6) is 0.620. The minimum absolute atomic E-state index is 0. The molecule has 0 spiro atoms. The monoisotopic (exact) mass is 379 g/mol. The smallest absolute Gasteiger partial charge is 0.188 e. The highest BCUT2D eigenvalue weighted by Gasteiger charge is 2.13. The summed E-state index contributed by atoms with van der Waals surface area (Å²) < 4.78 is 5.28. The molecule has 1 aliphatic carbocycles. The molecule has 0 bridgehead atoms. The Balaban J connectivity index is 0.00000180. The number of halogens is 1. The Hall–Kier alpha value is -0.300. The number of hydrogen-bond donors (Lipinski definition) is 2. The van der Waals surface area contributed by atoms with E-state index in [1.54, 1.807) is 0 Å². The summed E-state index contributed by atoms with van der Waals surface area (Å²) in [6.45, 7) is 2.40. The molecule has 4 nitrogen and oxygen atoms in total. The summed E-state index contributed by atoms with van der Waals surface area (Å²) in [5.41, 5.74) is 7.37. The molecular weight excluding hydrogens is 353 g/mol. The SMILES string of the molecule is I.NC(=NCCC1=CCOCC1)NC1CCCCC1. The first kappa shape index (κ1) is 16.8. The van der Waals surface area contributed by atoms with Crippen LogP contribution >= 0.6 is 24.0 Å². The van der Waals surface area contributed by atoms with Gasteiger partial charge >= 0.3 is 0 Å². The van der Waals surface area contributed by atoms with E-state index >= 15 is 0 Å². The molecule has 3 N–H and O–H groups in total. The molecule has 19 heavy (non-hydrogen) atoms. The van der Waals surface area contributed by atoms with E-state index in [1.807, 2.05) is 0 Å². The van der Waals surface area contributed by atoms with E-state index in [-0.39, 0.29) is 24.0 Å². The first-order valence-electron chi connectivity index (χ1n) is 7.17. The van der Waals surface area contributed by atoms with Crippen molar-refractivity contribution in [3.63, 3.8) is 0 Å². The highest BCUT2D eigenvalue weighted by Crippen LogP contribution is 2.17. The first-order chi connectivity index (χ1) is 8.84. The summed E-state index contributed by atoms with van der Waals surface area (Å²) in [7, 11) is 0. The molecule has 2 rings (SSSR count). The molecule has 1 aliphatic heterocycles. The van der Waals surface area contributed by atoms with E-state index in [2.05, 4.69) is 16.4 Å². The van der Waals surface area contributed by atoms with Crippen molar-refractivity contribution in [1.82, 2.24) is 5.32 Å². The Kier molecular flexibility index (Phi) is 8.45. The van der Waals surface area contributed by atoms with Gasteiger partial charge < -0.3 is 15.8 Å². The second-order valence-electron chi connectivity index (χ2n) is 5.18. The number of aliphatic imine (C=N–C) groups is 1. The van der Waals surface area contributed by atoms with Gasteiger partial charge in [0.1, 0.15) is 0 Å². The predicted octanol–water partition coefficient (Wildman–Crippen LogP) is 2.58. The zero-order chi connectivity index (χ0) is 12.6. The highest BCUT2D eigenvalue weighted by molar-refractivity contribution is 14.0. The lowest BCUT2D eigenvalue weighted by atomic mass is 9.96. The van der Waals surface area contributed by atoms with Crippen molar-refractivity contribution < 1.29 is 4.74 Å². The number of guanidine groups is 1. The molecule has 1 saturated carbocycles. The largest absolute Gasteiger partial charge is 0.377 e. The Morgan fingerprint density at radius 3 is 2.84 bits per heavy atom. The molecule has 0 aromatic rings. The molecule has 0 atom stereocenters. The zero-order valence-electron chi connectivity index (χ0n) is 11.6. The molecular formula is C14H26IN3O. The summed E-state index contributed by atoms with van der Waals surface area (Å²) in [5, 5.41) is 3.34. The van der Waals surface area contributed by atoms with Crippen LogP contribution in [0.25, 0.3) is 0 Å². The van der Waals surface area contributed by atoms with Crippen molar-refractivity contribution >= 4 is 29.9 Å². The van der Waals surface area contributed by atoms with Gasteiger partial charge in [-0.1, -0.05) is 30.9 Å². The molecule has 0 aromatic carbocycles. The fourth-order valence-electron chi connectivity index (χ4n) is 2.61. The molecule has 110 valence electrons. The van der Waals surface area contributed by atoms with Crippen molar-refractivity contribution in [1.29, 1.82) is 0 Å². The lowest BCUT2D eigenvalue weighted by Gasteiger charge is -2.23. The van der Waals surface area contributed by atoms with E-state index in [1.165, 1.54) is 37.7 Å². The first-order valence-corrected chi connectivity index (χ1v) is 7.17. The van der Waals surface area contributed by atoms with Crippen LogP contribution in [0.4, 0.5) is 0 Å². The molecule has 5 heteroatoms. The third-order valence-corrected chi connectivity index (χ3v) is 3.73. The normalized spacial score (nSPS) is 21.5. The summed E-state index contributed by atoms with van der Waals surface area (Å²) in [4.78, 5) is 4.41. The fourth-order valence-corrected chi connectivity index (χ4v) is 2.61. The predicted molar refractivity (Wildman–Crippen MR) is 90.0 cm³/mol. The second-order valence-corrected chi connectivity index (χ2v) is 5.18. The topological polar surface area (TPSA) is 59.6 Å². The van der Waals surface area contributed by atoms with Crippen LogP contribution in [0.3, 0.4) is 0 Å². The number of nitrogens with zero attached hydrogens (tertiary/aromatic N) is 1. The average molecular weight is 379 g/mol. The minimum atomic E-state index is 0. The standard InChI is InChI=1S/C14H25N3O.HI/c15-14(17-13-4-2-1-3-5-13)16-9-6-12-7-10-18-11-8-12;/h7,13H,1-6,8-11H2,(H3,15,16,17);1H. The Morgan fingerprint density at radius 2 is 2.16 bits per heavy atom. The van der Waals surface area contributed by atoms with Crippen LogP contribution in [0.2, 0.25) is 0 Å². The minimum Gasteiger partial charge on any atom is -0.377 e. The van der Waals surface area contributed by atoms with Gasteiger partial charge in [-0.3, -0.25) is 4.99 Å². The number of hydrogen-bond acceptors (Lipinski definition) is 2. The van der Waals surface area contributed by atoms with Gasteiger partial charge in [-0.05, 0) is 25.7 Å². The van der Waals surface area contributed by atoms with Crippen molar-refractivity contribution in [2.75, 3.05) is 19.8 Å². The van der Waals surface area contributed by atoms with E-state index in [0.717, 1.165) is 32.6 Å². The number of nitrogens with two attached hydrogens (primary N) is 1. The van der Waals surface area contributed by atoms with Gasteiger partial charge in [-0.25, -0.2) is 0 Å². The van der Waals surface area contributed by atoms with Crippen LogP contribution < -0.4 is 11.1 Å². The van der Waals surface area contributed by atoms with E-state index in [0.29, 0.717) is 12.0 Å². The summed E-state index contributed by atoms with van der Waals surface area (Å²) in [6, 6.07) is 0.546. The van der Waals surface area contributed by atoms with Gasteiger partial charge in [0, 0.05) is 12.6 Å². The van der Waals surface area contributed by atoms with Crippen molar-refractivity contribution in [2.45, 2.75) is 51.0 Å². The van der Waals surface area contributed by atoms with Gasteiger partial charge in [0.25, 0.3) is 0 Å². The van der Waals surface area contributed by atoms with Gasteiger partial charge in [-0.15, -0.1) is 24.0 Å². The van der Waals surface area contributed by atoms with Crippen molar-refractivity contribution in [2.24, 2.45) is 10.7 Å². The molecule has 1 fully saturated rings. The van der Waals surface area contributed by atoms with Gasteiger partial charge in [-0.2, -0.15) is 0 Å². The lowest BCUT2D eigenvalue weighted by Crippen LogP contribution is -2.41. The van der Waals surface area contributed by atoms with Crippen LogP contribution in [0.1, 0.15) is 44.9 Å². The zero-order valence-corrected chi connectivity index (χ0v) is 13.9. The second kappa shape index (κ2) is 9.58. The van der Waals surface area contributed by atoms with E-state index in [9.17, 15) is 0 Å². The van der Waals surface area contributed by atoms with Crippen LogP contribution in [-0.2, 0) is 4.74 Å². The molecule has 0 radical (unpaired) electrons. The number of nitrogens with one attached hydrogen (secondary N) is 1. The maximum Gasteiger partial charge on any atom is 0.188 e. The summed E-state index contributed by atoms with van der Waals surface area (Å²) >= 11 is 0. The lowest BCUT2D eigenvalue weighted by molar-refractivity contribution is 0.153. The molecule has 1 heterocycles. The maximum absolute atomic E-state index is 5.91. The van der Waals surface area contributed by atoms with Crippen LogP contribution in [0, 0.1) is 0 Å². The molecule has 0 unspecified atom stereocenters. The number of rotatable bonds is 4. The molecule has 2 aliphatic rings. The Bertz CT molecular complexity index is 312. The Morgan fingerprint density at radius 1 is 1.37 bits per heavy atom. The quantitative estimate of drug-likeness (QED) is 0.342. The highest BCUT2D eigenvalue weighted by atomic mass is 127. The van der Waals surface area contributed by atoms with Crippen LogP contribution in [-0.4, -0.2) is 31.8 Å². The van der Waals surface area contributed by atoms with Crippen LogP contribution in [0.15, 0.2) is 16.6 Å². The van der Waals surface area contributed by atoms with E-state index < -0.39 is 0 Å². The summed E-state index contributed by atoms with van der Waals surface area (Å²) in [6.07, 6.45) is 10.7. The van der Waals surface area contributed by atoms with Gasteiger partial charge in [0.05, 0.1) is 13.2 Å². The van der Waals surface area contributed by atoms with Crippen LogP contribution in [0.5, 0.6) is 0 Å².